The number of sulfonamides is 1. The Morgan fingerprint density at radius 3 is 2.38 bits per heavy atom. The Balaban J connectivity index is 2.02. The summed E-state index contributed by atoms with van der Waals surface area (Å²) in [5.74, 6) is 0.396. The highest BCUT2D eigenvalue weighted by molar-refractivity contribution is 7.89. The van der Waals surface area contributed by atoms with Gasteiger partial charge in [-0.2, -0.15) is 0 Å². The number of nitrogens with one attached hydrogen (secondary N) is 1. The van der Waals surface area contributed by atoms with Crippen molar-refractivity contribution in [2.75, 3.05) is 26.5 Å². The van der Waals surface area contributed by atoms with Crippen molar-refractivity contribution in [1.82, 2.24) is 4.31 Å². The molecule has 0 spiro atoms. The Morgan fingerprint density at radius 2 is 1.76 bits per heavy atom. The van der Waals surface area contributed by atoms with Crippen molar-refractivity contribution in [2.24, 2.45) is 0 Å². The Hall–Kier alpha value is -2.84. The molecule has 154 valence electrons. The van der Waals surface area contributed by atoms with Crippen molar-refractivity contribution in [3.05, 3.63) is 52.8 Å². The van der Waals surface area contributed by atoms with Crippen molar-refractivity contribution in [3.8, 4) is 5.75 Å². The summed E-state index contributed by atoms with van der Waals surface area (Å²) in [6, 6.07) is 8.38. The molecule has 0 saturated carbocycles. The molecule has 2 aromatic carbocycles. The lowest BCUT2D eigenvalue weighted by Gasteiger charge is -2.16. The molecule has 0 aliphatic rings. The second-order valence-corrected chi connectivity index (χ2v) is 9.22. The number of fused-ring (bicyclic) bond motifs is 1. The van der Waals surface area contributed by atoms with Crippen LogP contribution < -0.4 is 10.1 Å². The topological polar surface area (TPSA) is 88.8 Å². The van der Waals surface area contributed by atoms with Crippen LogP contribution in [0.2, 0.25) is 0 Å². The fraction of sp³-hybridized carbons (Fsp3) is 0.286. The molecular weight excluding hydrogens is 392 g/mol. The molecule has 8 heteroatoms. The van der Waals surface area contributed by atoms with Crippen LogP contribution in [0.25, 0.3) is 11.0 Å². The molecule has 0 aliphatic carbocycles. The van der Waals surface area contributed by atoms with E-state index < -0.39 is 15.9 Å². The van der Waals surface area contributed by atoms with Gasteiger partial charge >= 0.3 is 0 Å². The monoisotopic (exact) mass is 416 g/mol. The summed E-state index contributed by atoms with van der Waals surface area (Å²) in [5, 5.41) is 3.59. The fourth-order valence-corrected chi connectivity index (χ4v) is 4.05. The van der Waals surface area contributed by atoms with E-state index in [-0.39, 0.29) is 10.7 Å². The first-order valence-corrected chi connectivity index (χ1v) is 10.4. The maximum Gasteiger partial charge on any atom is 0.291 e. The molecule has 3 aromatic rings. The van der Waals surface area contributed by atoms with Gasteiger partial charge in [-0.3, -0.25) is 4.79 Å². The van der Waals surface area contributed by atoms with Crippen LogP contribution in [0.3, 0.4) is 0 Å². The minimum absolute atomic E-state index is 0.118. The number of benzene rings is 2. The van der Waals surface area contributed by atoms with Crippen LogP contribution in [0.1, 0.15) is 27.2 Å². The van der Waals surface area contributed by atoms with Crippen LogP contribution in [0, 0.1) is 20.8 Å². The molecule has 3 rings (SSSR count). The summed E-state index contributed by atoms with van der Waals surface area (Å²) in [4.78, 5) is 13.0. The standard InChI is InChI=1S/C21H24N2O5S/c1-12-9-16(29(25,26)23(4)5)11-18(13(12)2)22-21(24)20-14(3)17-10-15(27-6)7-8-19(17)28-20/h7-11H,1-6H3,(H,22,24). The third-order valence-electron chi connectivity index (χ3n) is 5.02. The fourth-order valence-electron chi connectivity index (χ4n) is 3.04. The van der Waals surface area contributed by atoms with Gasteiger partial charge in [-0.1, -0.05) is 0 Å². The molecule has 1 heterocycles. The van der Waals surface area contributed by atoms with E-state index in [1.165, 1.54) is 20.2 Å². The van der Waals surface area contributed by atoms with E-state index >= 15 is 0 Å². The molecule has 0 aliphatic heterocycles. The summed E-state index contributed by atoms with van der Waals surface area (Å²) in [7, 11) is 0.877. The van der Waals surface area contributed by atoms with E-state index in [9.17, 15) is 13.2 Å². The zero-order chi connectivity index (χ0) is 21.5. The number of rotatable bonds is 5. The smallest absolute Gasteiger partial charge is 0.291 e. The zero-order valence-electron chi connectivity index (χ0n) is 17.3. The van der Waals surface area contributed by atoms with Gasteiger partial charge in [0.25, 0.3) is 5.91 Å². The van der Waals surface area contributed by atoms with Crippen molar-refractivity contribution in [2.45, 2.75) is 25.7 Å². The normalized spacial score (nSPS) is 11.8. The van der Waals surface area contributed by atoms with Gasteiger partial charge in [-0.05, 0) is 62.2 Å². The second kappa shape index (κ2) is 7.53. The van der Waals surface area contributed by atoms with Gasteiger partial charge in [0, 0.05) is 30.7 Å². The molecule has 29 heavy (non-hydrogen) atoms. The average Bonchev–Trinajstić information content (AvgIpc) is 3.01. The van der Waals surface area contributed by atoms with Crippen LogP contribution in [0.5, 0.6) is 5.75 Å². The minimum Gasteiger partial charge on any atom is -0.497 e. The highest BCUT2D eigenvalue weighted by Gasteiger charge is 2.22. The maximum absolute atomic E-state index is 12.9. The van der Waals surface area contributed by atoms with E-state index in [1.54, 1.807) is 39.2 Å². The zero-order valence-corrected chi connectivity index (χ0v) is 18.1. The first-order chi connectivity index (χ1) is 13.6. The number of methoxy groups -OCH3 is 1. The lowest BCUT2D eigenvalue weighted by atomic mass is 10.1. The highest BCUT2D eigenvalue weighted by atomic mass is 32.2. The summed E-state index contributed by atoms with van der Waals surface area (Å²) in [5.41, 5.74) is 3.22. The molecule has 1 N–H and O–H groups in total. The van der Waals surface area contributed by atoms with Crippen molar-refractivity contribution in [3.63, 3.8) is 0 Å². The van der Waals surface area contributed by atoms with Gasteiger partial charge in [0.05, 0.1) is 12.0 Å². The number of carbonyl (C=O) groups is 1. The molecule has 0 saturated heterocycles. The largest absolute Gasteiger partial charge is 0.497 e. The SMILES string of the molecule is COc1ccc2oc(C(=O)Nc3cc(S(=O)(=O)N(C)C)cc(C)c3C)c(C)c2c1. The number of hydrogen-bond donors (Lipinski definition) is 1. The Kier molecular flexibility index (Phi) is 5.42. The van der Waals surface area contributed by atoms with Crippen LogP contribution in [0.15, 0.2) is 39.6 Å². The minimum atomic E-state index is -3.63. The molecule has 0 radical (unpaired) electrons. The molecule has 0 fully saturated rings. The van der Waals surface area contributed by atoms with E-state index in [0.29, 0.717) is 22.6 Å². The van der Waals surface area contributed by atoms with Gasteiger partial charge < -0.3 is 14.5 Å². The molecule has 7 nitrogen and oxygen atoms in total. The molecule has 0 unspecified atom stereocenters. The third kappa shape index (κ3) is 3.73. The number of nitrogens with zero attached hydrogens (tertiary/aromatic N) is 1. The maximum atomic E-state index is 12.9. The van der Waals surface area contributed by atoms with Crippen molar-refractivity contribution >= 4 is 32.6 Å². The average molecular weight is 416 g/mol. The molecule has 0 bridgehead atoms. The van der Waals surface area contributed by atoms with E-state index in [0.717, 1.165) is 20.8 Å². The number of ether oxygens (including phenoxy) is 1. The summed E-state index contributed by atoms with van der Waals surface area (Å²) < 4.78 is 37.2. The van der Waals surface area contributed by atoms with Crippen molar-refractivity contribution in [1.29, 1.82) is 0 Å². The van der Waals surface area contributed by atoms with Crippen LogP contribution in [-0.4, -0.2) is 39.8 Å². The Labute approximate surface area is 170 Å². The van der Waals surface area contributed by atoms with E-state index in [2.05, 4.69) is 5.32 Å². The lowest BCUT2D eigenvalue weighted by Crippen LogP contribution is -2.23. The van der Waals surface area contributed by atoms with Crippen molar-refractivity contribution < 1.29 is 22.4 Å². The van der Waals surface area contributed by atoms with Gasteiger partial charge in [0.1, 0.15) is 11.3 Å². The molecule has 0 atom stereocenters. The van der Waals surface area contributed by atoms with Gasteiger partial charge in [0.15, 0.2) is 5.76 Å². The number of hydrogen-bond acceptors (Lipinski definition) is 5. The predicted molar refractivity (Wildman–Crippen MR) is 112 cm³/mol. The second-order valence-electron chi connectivity index (χ2n) is 7.07. The van der Waals surface area contributed by atoms with E-state index in [4.69, 9.17) is 9.15 Å². The number of furan rings is 1. The number of carbonyl (C=O) groups excluding carboxylic acids is 1. The Morgan fingerprint density at radius 1 is 1.07 bits per heavy atom. The highest BCUT2D eigenvalue weighted by Crippen LogP contribution is 2.30. The first kappa shape index (κ1) is 20.9. The van der Waals surface area contributed by atoms with E-state index in [1.807, 2.05) is 13.0 Å². The predicted octanol–water partition coefficient (Wildman–Crippen LogP) is 3.87. The van der Waals surface area contributed by atoms with Crippen LogP contribution in [0.4, 0.5) is 5.69 Å². The number of aryl methyl sites for hydroxylation is 2. The Bertz CT molecular complexity index is 1210. The number of amides is 1. The molecule has 1 aromatic heterocycles. The van der Waals surface area contributed by atoms with Crippen LogP contribution in [-0.2, 0) is 10.0 Å². The molecular formula is C21H24N2O5S. The van der Waals surface area contributed by atoms with Crippen LogP contribution >= 0.6 is 0 Å². The summed E-state index contributed by atoms with van der Waals surface area (Å²) in [6.45, 7) is 5.43. The van der Waals surface area contributed by atoms with Gasteiger partial charge in [-0.15, -0.1) is 0 Å². The summed E-state index contributed by atoms with van der Waals surface area (Å²) >= 11 is 0. The lowest BCUT2D eigenvalue weighted by molar-refractivity contribution is 0.0997. The first-order valence-electron chi connectivity index (χ1n) is 8.98. The molecule has 1 amide bonds. The van der Waals surface area contributed by atoms with Gasteiger partial charge in [0.2, 0.25) is 10.0 Å². The number of anilines is 1. The summed E-state index contributed by atoms with van der Waals surface area (Å²) in [6.07, 6.45) is 0. The van der Waals surface area contributed by atoms with Gasteiger partial charge in [-0.25, -0.2) is 12.7 Å². The quantitative estimate of drug-likeness (QED) is 0.682. The third-order valence-corrected chi connectivity index (χ3v) is 6.81.